The van der Waals surface area contributed by atoms with Crippen LogP contribution in [0.1, 0.15) is 31.1 Å². The number of nitrogens with zero attached hydrogens (tertiary/aromatic N) is 1. The molecule has 0 atom stereocenters. The van der Waals surface area contributed by atoms with E-state index in [2.05, 4.69) is 10.0 Å². The van der Waals surface area contributed by atoms with Crippen LogP contribution in [-0.2, 0) is 10.0 Å². The minimum absolute atomic E-state index is 0.0840. The average Bonchev–Trinajstić information content (AvgIpc) is 2.53. The Bertz CT molecular complexity index is 914. The molecule has 0 spiro atoms. The van der Waals surface area contributed by atoms with Crippen LogP contribution in [0.5, 0.6) is 0 Å². The molecule has 0 saturated heterocycles. The maximum absolute atomic E-state index is 12.2. The monoisotopic (exact) mass is 377 g/mol. The second kappa shape index (κ2) is 7.22. The smallest absolute Gasteiger partial charge is 0.269 e. The first-order valence-electron chi connectivity index (χ1n) is 7.68. The van der Waals surface area contributed by atoms with Gasteiger partial charge < -0.3 is 5.32 Å². The van der Waals surface area contributed by atoms with Gasteiger partial charge in [-0.1, -0.05) is 0 Å². The summed E-state index contributed by atoms with van der Waals surface area (Å²) in [6, 6.07) is 10.9. The lowest BCUT2D eigenvalue weighted by molar-refractivity contribution is -0.384. The van der Waals surface area contributed by atoms with Crippen molar-refractivity contribution in [1.82, 2.24) is 4.72 Å². The zero-order valence-corrected chi connectivity index (χ0v) is 15.3. The van der Waals surface area contributed by atoms with Crippen LogP contribution in [-0.4, -0.2) is 24.8 Å². The Morgan fingerprint density at radius 1 is 1.00 bits per heavy atom. The van der Waals surface area contributed by atoms with E-state index < -0.39 is 26.4 Å². The Kier molecular flexibility index (Phi) is 5.43. The molecule has 0 unspecified atom stereocenters. The summed E-state index contributed by atoms with van der Waals surface area (Å²) in [7, 11) is -3.65. The van der Waals surface area contributed by atoms with Crippen molar-refractivity contribution < 1.29 is 18.1 Å². The topological polar surface area (TPSA) is 118 Å². The molecule has 0 radical (unpaired) electrons. The molecule has 26 heavy (non-hydrogen) atoms. The molecular formula is C17H19N3O5S. The van der Waals surface area contributed by atoms with Gasteiger partial charge in [-0.2, -0.15) is 0 Å². The minimum Gasteiger partial charge on any atom is -0.322 e. The summed E-state index contributed by atoms with van der Waals surface area (Å²) in [6.45, 7) is 5.22. The summed E-state index contributed by atoms with van der Waals surface area (Å²) >= 11 is 0. The first-order valence-corrected chi connectivity index (χ1v) is 9.16. The van der Waals surface area contributed by atoms with E-state index in [0.29, 0.717) is 5.69 Å². The van der Waals surface area contributed by atoms with Gasteiger partial charge in [0, 0.05) is 28.9 Å². The molecule has 138 valence electrons. The van der Waals surface area contributed by atoms with Gasteiger partial charge in [0.05, 0.1) is 9.82 Å². The molecule has 2 aromatic rings. The number of carbonyl (C=O) groups excluding carboxylic acids is 1. The van der Waals surface area contributed by atoms with Gasteiger partial charge in [0.2, 0.25) is 10.0 Å². The van der Waals surface area contributed by atoms with Gasteiger partial charge in [-0.3, -0.25) is 14.9 Å². The summed E-state index contributed by atoms with van der Waals surface area (Å²) < 4.78 is 27.0. The summed E-state index contributed by atoms with van der Waals surface area (Å²) in [5.41, 5.74) is -0.0611. The fourth-order valence-corrected chi connectivity index (χ4v) is 3.54. The van der Waals surface area contributed by atoms with Gasteiger partial charge in [0.15, 0.2) is 0 Å². The molecule has 0 aliphatic heterocycles. The summed E-state index contributed by atoms with van der Waals surface area (Å²) in [5.74, 6) is -0.455. The molecule has 0 aromatic heterocycles. The molecule has 8 nitrogen and oxygen atoms in total. The van der Waals surface area contributed by atoms with Crippen molar-refractivity contribution in [1.29, 1.82) is 0 Å². The van der Waals surface area contributed by atoms with Crippen molar-refractivity contribution in [3.8, 4) is 0 Å². The predicted molar refractivity (Wildman–Crippen MR) is 97.6 cm³/mol. The third-order valence-electron chi connectivity index (χ3n) is 3.20. The van der Waals surface area contributed by atoms with Crippen molar-refractivity contribution in [2.45, 2.75) is 31.2 Å². The quantitative estimate of drug-likeness (QED) is 0.613. The maximum atomic E-state index is 12.2. The normalized spacial score (nSPS) is 11.8. The molecule has 2 aromatic carbocycles. The molecule has 0 saturated carbocycles. The lowest BCUT2D eigenvalue weighted by Gasteiger charge is -2.20. The van der Waals surface area contributed by atoms with E-state index in [1.807, 2.05) is 0 Å². The summed E-state index contributed by atoms with van der Waals surface area (Å²) in [6.07, 6.45) is 0. The number of amides is 1. The van der Waals surface area contributed by atoms with E-state index in [0.717, 1.165) is 0 Å². The number of nitro groups is 1. The number of nitro benzene ring substituents is 1. The van der Waals surface area contributed by atoms with Crippen LogP contribution in [0.3, 0.4) is 0 Å². The number of rotatable bonds is 5. The van der Waals surface area contributed by atoms with Crippen molar-refractivity contribution in [3.05, 3.63) is 64.2 Å². The lowest BCUT2D eigenvalue weighted by atomic mass is 10.1. The van der Waals surface area contributed by atoms with Gasteiger partial charge >= 0.3 is 0 Å². The lowest BCUT2D eigenvalue weighted by Crippen LogP contribution is -2.40. The summed E-state index contributed by atoms with van der Waals surface area (Å²) in [5, 5.41) is 13.2. The van der Waals surface area contributed by atoms with Gasteiger partial charge in [-0.05, 0) is 57.2 Å². The number of hydrogen-bond donors (Lipinski definition) is 2. The van der Waals surface area contributed by atoms with Gasteiger partial charge in [0.1, 0.15) is 0 Å². The number of sulfonamides is 1. The van der Waals surface area contributed by atoms with Crippen LogP contribution in [0.2, 0.25) is 0 Å². The number of non-ortho nitro benzene ring substituents is 1. The first-order chi connectivity index (χ1) is 12.0. The predicted octanol–water partition coefficient (Wildman–Crippen LogP) is 2.92. The number of carbonyl (C=O) groups is 1. The third-order valence-corrected chi connectivity index (χ3v) is 4.98. The highest BCUT2D eigenvalue weighted by molar-refractivity contribution is 7.89. The highest BCUT2D eigenvalue weighted by Gasteiger charge is 2.21. The number of benzene rings is 2. The van der Waals surface area contributed by atoms with Crippen LogP contribution in [0.25, 0.3) is 0 Å². The van der Waals surface area contributed by atoms with Crippen LogP contribution in [0.4, 0.5) is 11.4 Å². The molecule has 0 fully saturated rings. The van der Waals surface area contributed by atoms with Crippen LogP contribution >= 0.6 is 0 Å². The average molecular weight is 377 g/mol. The Morgan fingerprint density at radius 2 is 1.54 bits per heavy atom. The van der Waals surface area contributed by atoms with E-state index in [4.69, 9.17) is 0 Å². The molecule has 2 rings (SSSR count). The van der Waals surface area contributed by atoms with E-state index in [1.54, 1.807) is 20.8 Å². The SMILES string of the molecule is CC(C)(C)NS(=O)(=O)c1ccc(NC(=O)c2ccc([N+](=O)[O-])cc2)cc1. The Balaban J connectivity index is 2.11. The standard InChI is InChI=1S/C17H19N3O5S/c1-17(2,3)19-26(24,25)15-10-6-13(7-11-15)18-16(21)12-4-8-14(9-5-12)20(22)23/h4-11,19H,1-3H3,(H,18,21). The zero-order chi connectivity index (χ0) is 19.5. The summed E-state index contributed by atoms with van der Waals surface area (Å²) in [4.78, 5) is 22.3. The zero-order valence-electron chi connectivity index (χ0n) is 14.5. The van der Waals surface area contributed by atoms with Crippen molar-refractivity contribution in [2.75, 3.05) is 5.32 Å². The van der Waals surface area contributed by atoms with Crippen LogP contribution in [0.15, 0.2) is 53.4 Å². The van der Waals surface area contributed by atoms with E-state index in [9.17, 15) is 23.3 Å². The molecule has 1 amide bonds. The molecule has 0 aliphatic rings. The number of hydrogen-bond acceptors (Lipinski definition) is 5. The Hall–Kier alpha value is -2.78. The van der Waals surface area contributed by atoms with Crippen LogP contribution < -0.4 is 10.0 Å². The fraction of sp³-hybridized carbons (Fsp3) is 0.235. The first kappa shape index (κ1) is 19.5. The van der Waals surface area contributed by atoms with Crippen molar-refractivity contribution >= 4 is 27.3 Å². The van der Waals surface area contributed by atoms with Gasteiger partial charge in [-0.15, -0.1) is 0 Å². The van der Waals surface area contributed by atoms with Gasteiger partial charge in [-0.25, -0.2) is 13.1 Å². The molecule has 0 aliphatic carbocycles. The fourth-order valence-electron chi connectivity index (χ4n) is 2.12. The Labute approximate surface area is 151 Å². The largest absolute Gasteiger partial charge is 0.322 e. The van der Waals surface area contributed by atoms with Crippen molar-refractivity contribution in [3.63, 3.8) is 0 Å². The maximum Gasteiger partial charge on any atom is 0.269 e. The van der Waals surface area contributed by atoms with E-state index in [1.165, 1.54) is 48.5 Å². The minimum atomic E-state index is -3.65. The third kappa shape index (κ3) is 5.11. The molecule has 9 heteroatoms. The molecular weight excluding hydrogens is 358 g/mol. The Morgan fingerprint density at radius 3 is 2.00 bits per heavy atom. The highest BCUT2D eigenvalue weighted by Crippen LogP contribution is 2.18. The number of anilines is 1. The van der Waals surface area contributed by atoms with Crippen molar-refractivity contribution in [2.24, 2.45) is 0 Å². The van der Waals surface area contributed by atoms with E-state index >= 15 is 0 Å². The molecule has 0 heterocycles. The second-order valence-electron chi connectivity index (χ2n) is 6.64. The highest BCUT2D eigenvalue weighted by atomic mass is 32.2. The van der Waals surface area contributed by atoms with Crippen LogP contribution in [0, 0.1) is 10.1 Å². The molecule has 2 N–H and O–H groups in total. The number of nitrogens with one attached hydrogen (secondary N) is 2. The second-order valence-corrected chi connectivity index (χ2v) is 8.32. The van der Waals surface area contributed by atoms with E-state index in [-0.39, 0.29) is 16.1 Å². The molecule has 0 bridgehead atoms. The van der Waals surface area contributed by atoms with Gasteiger partial charge in [0.25, 0.3) is 11.6 Å².